The van der Waals surface area contributed by atoms with E-state index in [9.17, 15) is 9.50 Å². The Morgan fingerprint density at radius 2 is 2.13 bits per heavy atom. The van der Waals surface area contributed by atoms with Crippen LogP contribution in [-0.2, 0) is 6.42 Å². The first kappa shape index (κ1) is 10.9. The van der Waals surface area contributed by atoms with Crippen LogP contribution in [0.5, 0.6) is 0 Å². The molecule has 1 nitrogen and oxygen atoms in total. The van der Waals surface area contributed by atoms with Crippen LogP contribution in [0, 0.1) is 11.2 Å². The summed E-state index contributed by atoms with van der Waals surface area (Å²) in [7, 11) is 0. The predicted octanol–water partition coefficient (Wildman–Crippen LogP) is 3.18. The van der Waals surface area contributed by atoms with Crippen LogP contribution in [0.2, 0.25) is 5.02 Å². The number of aliphatic hydroxyl groups is 1. The second kappa shape index (κ2) is 4.11. The van der Waals surface area contributed by atoms with E-state index in [1.54, 1.807) is 6.07 Å². The molecule has 2 rings (SSSR count). The van der Waals surface area contributed by atoms with Gasteiger partial charge in [-0.1, -0.05) is 18.0 Å². The van der Waals surface area contributed by atoms with E-state index in [0.717, 1.165) is 24.8 Å². The molecule has 1 aromatic carbocycles. The largest absolute Gasteiger partial charge is 0.396 e. The molecule has 1 aliphatic carbocycles. The van der Waals surface area contributed by atoms with E-state index in [0.29, 0.717) is 11.4 Å². The third-order valence-electron chi connectivity index (χ3n) is 3.32. The Bertz CT molecular complexity index is 355. The minimum atomic E-state index is -0.262. The SMILES string of the molecule is OCC1(Cc2cc(F)ccc2Cl)CCC1. The van der Waals surface area contributed by atoms with Crippen molar-refractivity contribution in [3.05, 3.63) is 34.6 Å². The molecule has 1 aromatic rings. The van der Waals surface area contributed by atoms with Crippen LogP contribution < -0.4 is 0 Å². The Balaban J connectivity index is 2.19. The minimum absolute atomic E-state index is 0.0442. The predicted molar refractivity (Wildman–Crippen MR) is 58.5 cm³/mol. The monoisotopic (exact) mass is 228 g/mol. The molecular formula is C12H14ClFO. The molecule has 0 atom stereocenters. The van der Waals surface area contributed by atoms with Gasteiger partial charge in [-0.3, -0.25) is 0 Å². The summed E-state index contributed by atoms with van der Waals surface area (Å²) < 4.78 is 13.0. The van der Waals surface area contributed by atoms with Crippen molar-refractivity contribution in [1.29, 1.82) is 0 Å². The van der Waals surface area contributed by atoms with Crippen molar-refractivity contribution < 1.29 is 9.50 Å². The lowest BCUT2D eigenvalue weighted by molar-refractivity contribution is 0.0450. The van der Waals surface area contributed by atoms with Crippen LogP contribution >= 0.6 is 11.6 Å². The average molecular weight is 229 g/mol. The molecule has 82 valence electrons. The van der Waals surface area contributed by atoms with Gasteiger partial charge in [-0.05, 0) is 48.4 Å². The van der Waals surface area contributed by atoms with Crippen molar-refractivity contribution in [2.45, 2.75) is 25.7 Å². The van der Waals surface area contributed by atoms with Crippen molar-refractivity contribution >= 4 is 11.6 Å². The molecule has 0 heterocycles. The Labute approximate surface area is 93.9 Å². The highest BCUT2D eigenvalue weighted by Gasteiger charge is 2.36. The fourth-order valence-corrected chi connectivity index (χ4v) is 2.33. The summed E-state index contributed by atoms with van der Waals surface area (Å²) in [6, 6.07) is 4.41. The molecule has 0 spiro atoms. The van der Waals surface area contributed by atoms with E-state index in [-0.39, 0.29) is 17.8 Å². The fourth-order valence-electron chi connectivity index (χ4n) is 2.15. The van der Waals surface area contributed by atoms with Gasteiger partial charge in [0.15, 0.2) is 0 Å². The summed E-state index contributed by atoms with van der Waals surface area (Å²) in [6.45, 7) is 0.167. The van der Waals surface area contributed by atoms with E-state index in [2.05, 4.69) is 0 Å². The van der Waals surface area contributed by atoms with Gasteiger partial charge in [0.25, 0.3) is 0 Å². The van der Waals surface area contributed by atoms with Crippen molar-refractivity contribution in [3.8, 4) is 0 Å². The summed E-state index contributed by atoms with van der Waals surface area (Å²) in [5.74, 6) is -0.262. The summed E-state index contributed by atoms with van der Waals surface area (Å²) in [5.41, 5.74) is 0.766. The maximum atomic E-state index is 13.0. The summed E-state index contributed by atoms with van der Waals surface area (Å²) >= 11 is 5.99. The molecule has 0 radical (unpaired) electrons. The molecule has 0 unspecified atom stereocenters. The molecule has 15 heavy (non-hydrogen) atoms. The number of benzene rings is 1. The van der Waals surface area contributed by atoms with Gasteiger partial charge in [0.2, 0.25) is 0 Å². The fraction of sp³-hybridized carbons (Fsp3) is 0.500. The van der Waals surface area contributed by atoms with E-state index in [1.165, 1.54) is 12.1 Å². The Hall–Kier alpha value is -0.600. The standard InChI is InChI=1S/C12H14ClFO/c13-11-3-2-10(14)6-9(11)7-12(8-15)4-1-5-12/h2-3,6,15H,1,4-5,7-8H2. The van der Waals surface area contributed by atoms with Gasteiger partial charge in [-0.15, -0.1) is 0 Å². The van der Waals surface area contributed by atoms with Gasteiger partial charge in [-0.25, -0.2) is 4.39 Å². The Morgan fingerprint density at radius 1 is 1.40 bits per heavy atom. The molecule has 0 bridgehead atoms. The van der Waals surface area contributed by atoms with Crippen LogP contribution in [-0.4, -0.2) is 11.7 Å². The second-order valence-corrected chi connectivity index (χ2v) is 4.83. The molecular weight excluding hydrogens is 215 g/mol. The van der Waals surface area contributed by atoms with Crippen LogP contribution in [0.1, 0.15) is 24.8 Å². The number of hydrogen-bond acceptors (Lipinski definition) is 1. The summed E-state index contributed by atoms with van der Waals surface area (Å²) in [6.07, 6.45) is 3.85. The highest BCUT2D eigenvalue weighted by atomic mass is 35.5. The van der Waals surface area contributed by atoms with E-state index in [4.69, 9.17) is 11.6 Å². The van der Waals surface area contributed by atoms with Crippen LogP contribution in [0.25, 0.3) is 0 Å². The molecule has 1 saturated carbocycles. The third kappa shape index (κ3) is 2.16. The first-order valence-corrected chi connectivity index (χ1v) is 5.58. The summed E-state index contributed by atoms with van der Waals surface area (Å²) in [5, 5.41) is 9.91. The van der Waals surface area contributed by atoms with Gasteiger partial charge in [-0.2, -0.15) is 0 Å². The molecule has 0 aliphatic heterocycles. The lowest BCUT2D eigenvalue weighted by Gasteiger charge is -2.40. The van der Waals surface area contributed by atoms with Crippen molar-refractivity contribution in [2.24, 2.45) is 5.41 Å². The van der Waals surface area contributed by atoms with Gasteiger partial charge in [0.05, 0.1) is 0 Å². The van der Waals surface area contributed by atoms with Gasteiger partial charge >= 0.3 is 0 Å². The highest BCUT2D eigenvalue weighted by molar-refractivity contribution is 6.31. The minimum Gasteiger partial charge on any atom is -0.396 e. The zero-order chi connectivity index (χ0) is 10.9. The second-order valence-electron chi connectivity index (χ2n) is 4.42. The molecule has 1 aliphatic rings. The number of rotatable bonds is 3. The van der Waals surface area contributed by atoms with E-state index in [1.807, 2.05) is 0 Å². The van der Waals surface area contributed by atoms with Crippen molar-refractivity contribution in [2.75, 3.05) is 6.61 Å². The molecule has 0 saturated heterocycles. The normalized spacial score (nSPS) is 18.6. The maximum Gasteiger partial charge on any atom is 0.123 e. The molecule has 1 fully saturated rings. The number of aliphatic hydroxyl groups excluding tert-OH is 1. The first-order chi connectivity index (χ1) is 7.15. The number of halogens is 2. The summed E-state index contributed by atoms with van der Waals surface area (Å²) in [4.78, 5) is 0. The topological polar surface area (TPSA) is 20.2 Å². The van der Waals surface area contributed by atoms with E-state index < -0.39 is 0 Å². The zero-order valence-electron chi connectivity index (χ0n) is 8.47. The number of hydrogen-bond donors (Lipinski definition) is 1. The molecule has 1 N–H and O–H groups in total. The first-order valence-electron chi connectivity index (χ1n) is 5.20. The molecule has 3 heteroatoms. The average Bonchev–Trinajstić information content (AvgIpc) is 2.17. The Morgan fingerprint density at radius 3 is 2.67 bits per heavy atom. The van der Waals surface area contributed by atoms with Gasteiger partial charge < -0.3 is 5.11 Å². The highest BCUT2D eigenvalue weighted by Crippen LogP contribution is 2.44. The van der Waals surface area contributed by atoms with Crippen molar-refractivity contribution in [1.82, 2.24) is 0 Å². The quantitative estimate of drug-likeness (QED) is 0.843. The van der Waals surface area contributed by atoms with E-state index >= 15 is 0 Å². The maximum absolute atomic E-state index is 13.0. The van der Waals surface area contributed by atoms with Crippen molar-refractivity contribution in [3.63, 3.8) is 0 Å². The van der Waals surface area contributed by atoms with Gasteiger partial charge in [0, 0.05) is 11.6 Å². The molecule has 0 amide bonds. The molecule has 0 aromatic heterocycles. The zero-order valence-corrected chi connectivity index (χ0v) is 9.23. The lowest BCUT2D eigenvalue weighted by Crippen LogP contribution is -2.35. The smallest absolute Gasteiger partial charge is 0.123 e. The third-order valence-corrected chi connectivity index (χ3v) is 3.69. The van der Waals surface area contributed by atoms with Gasteiger partial charge in [0.1, 0.15) is 5.82 Å². The van der Waals surface area contributed by atoms with Crippen LogP contribution in [0.4, 0.5) is 4.39 Å². The van der Waals surface area contributed by atoms with Crippen LogP contribution in [0.15, 0.2) is 18.2 Å². The Kier molecular flexibility index (Phi) is 2.98. The van der Waals surface area contributed by atoms with Crippen LogP contribution in [0.3, 0.4) is 0 Å². The lowest BCUT2D eigenvalue weighted by atomic mass is 9.66.